The van der Waals surface area contributed by atoms with Crippen molar-refractivity contribution in [2.24, 2.45) is 5.92 Å². The number of hydrogen-bond acceptors (Lipinski definition) is 6. The van der Waals surface area contributed by atoms with Crippen LogP contribution in [0.2, 0.25) is 0 Å². The van der Waals surface area contributed by atoms with Crippen LogP contribution < -0.4 is 5.32 Å². The van der Waals surface area contributed by atoms with E-state index in [0.717, 1.165) is 12.8 Å². The second-order valence-electron chi connectivity index (χ2n) is 6.38. The molecule has 1 aromatic rings. The molecule has 142 valence electrons. The SMILES string of the molecule is C[C@@H](OC(=O)C1CC1)C(=O)Nc1ccc(S(=O)(=O)N2CCOCC2)cc1. The van der Waals surface area contributed by atoms with Gasteiger partial charge in [-0.15, -0.1) is 0 Å². The van der Waals surface area contributed by atoms with Crippen LogP contribution in [-0.2, 0) is 29.1 Å². The molecule has 2 fully saturated rings. The fraction of sp³-hybridized carbons (Fsp3) is 0.529. The molecule has 0 spiro atoms. The van der Waals surface area contributed by atoms with Crippen molar-refractivity contribution in [3.8, 4) is 0 Å². The smallest absolute Gasteiger partial charge is 0.309 e. The Hall–Kier alpha value is -1.97. The number of morpholine rings is 1. The lowest BCUT2D eigenvalue weighted by Gasteiger charge is -2.26. The van der Waals surface area contributed by atoms with Crippen LogP contribution in [0.1, 0.15) is 19.8 Å². The summed E-state index contributed by atoms with van der Waals surface area (Å²) < 4.78 is 36.7. The summed E-state index contributed by atoms with van der Waals surface area (Å²) in [5, 5.41) is 2.62. The molecule has 1 aromatic carbocycles. The van der Waals surface area contributed by atoms with E-state index in [0.29, 0.717) is 32.0 Å². The van der Waals surface area contributed by atoms with Crippen LogP contribution in [0.25, 0.3) is 0 Å². The molecule has 1 aliphatic carbocycles. The number of amides is 1. The quantitative estimate of drug-likeness (QED) is 0.736. The van der Waals surface area contributed by atoms with Gasteiger partial charge in [-0.1, -0.05) is 0 Å². The molecular weight excluding hydrogens is 360 g/mol. The molecule has 0 radical (unpaired) electrons. The van der Waals surface area contributed by atoms with E-state index in [1.54, 1.807) is 0 Å². The Balaban J connectivity index is 1.60. The van der Waals surface area contributed by atoms with E-state index in [9.17, 15) is 18.0 Å². The molecule has 2 aliphatic rings. The predicted molar refractivity (Wildman–Crippen MR) is 92.9 cm³/mol. The van der Waals surface area contributed by atoms with Crippen molar-refractivity contribution >= 4 is 27.6 Å². The summed E-state index contributed by atoms with van der Waals surface area (Å²) in [6.07, 6.45) is 0.721. The molecular formula is C17H22N2O6S. The van der Waals surface area contributed by atoms with Crippen molar-refractivity contribution in [2.45, 2.75) is 30.8 Å². The number of anilines is 1. The molecule has 1 atom stereocenters. The number of ether oxygens (including phenoxy) is 2. The highest BCUT2D eigenvalue weighted by Gasteiger charge is 2.33. The Bertz CT molecular complexity index is 767. The van der Waals surface area contributed by atoms with Gasteiger partial charge in [0.1, 0.15) is 0 Å². The lowest BCUT2D eigenvalue weighted by Crippen LogP contribution is -2.40. The molecule has 1 N–H and O–H groups in total. The van der Waals surface area contributed by atoms with Gasteiger partial charge in [0.15, 0.2) is 6.10 Å². The fourth-order valence-electron chi connectivity index (χ4n) is 2.53. The summed E-state index contributed by atoms with van der Waals surface area (Å²) in [6, 6.07) is 5.92. The molecule has 26 heavy (non-hydrogen) atoms. The number of benzene rings is 1. The van der Waals surface area contributed by atoms with Gasteiger partial charge >= 0.3 is 5.97 Å². The molecule has 0 aromatic heterocycles. The number of sulfonamides is 1. The Kier molecular flexibility index (Phi) is 5.59. The molecule has 1 aliphatic heterocycles. The van der Waals surface area contributed by atoms with Crippen LogP contribution in [0.3, 0.4) is 0 Å². The van der Waals surface area contributed by atoms with Crippen LogP contribution in [0.4, 0.5) is 5.69 Å². The predicted octanol–water partition coefficient (Wildman–Crippen LogP) is 0.988. The summed E-state index contributed by atoms with van der Waals surface area (Å²) in [5.74, 6) is -0.877. The van der Waals surface area contributed by atoms with Gasteiger partial charge in [0, 0.05) is 18.8 Å². The Labute approximate surface area is 152 Å². The molecule has 1 saturated heterocycles. The van der Waals surface area contributed by atoms with E-state index in [1.807, 2.05) is 0 Å². The van der Waals surface area contributed by atoms with Gasteiger partial charge in [-0.3, -0.25) is 9.59 Å². The van der Waals surface area contributed by atoms with E-state index >= 15 is 0 Å². The average Bonchev–Trinajstić information content (AvgIpc) is 3.48. The topological polar surface area (TPSA) is 102 Å². The summed E-state index contributed by atoms with van der Waals surface area (Å²) >= 11 is 0. The van der Waals surface area contributed by atoms with E-state index in [2.05, 4.69) is 5.32 Å². The standard InChI is InChI=1S/C17H22N2O6S/c1-12(25-17(21)13-2-3-13)16(20)18-14-4-6-15(7-5-14)26(22,23)19-8-10-24-11-9-19/h4-7,12-13H,2-3,8-11H2,1H3,(H,18,20)/t12-/m1/s1. The van der Waals surface area contributed by atoms with Crippen molar-refractivity contribution in [1.29, 1.82) is 0 Å². The minimum Gasteiger partial charge on any atom is -0.452 e. The Morgan fingerprint density at radius 1 is 1.19 bits per heavy atom. The number of rotatable bonds is 6. The number of carbonyl (C=O) groups is 2. The zero-order chi connectivity index (χ0) is 18.7. The first-order valence-electron chi connectivity index (χ1n) is 8.57. The van der Waals surface area contributed by atoms with Crippen LogP contribution >= 0.6 is 0 Å². The van der Waals surface area contributed by atoms with E-state index in [1.165, 1.54) is 35.5 Å². The summed E-state index contributed by atoms with van der Waals surface area (Å²) in [5.41, 5.74) is 0.435. The third kappa shape index (κ3) is 4.40. The van der Waals surface area contributed by atoms with E-state index in [-0.39, 0.29) is 16.8 Å². The van der Waals surface area contributed by atoms with E-state index < -0.39 is 22.0 Å². The second-order valence-corrected chi connectivity index (χ2v) is 8.32. The van der Waals surface area contributed by atoms with Crippen LogP contribution in [0.5, 0.6) is 0 Å². The summed E-state index contributed by atoms with van der Waals surface area (Å²) in [7, 11) is -3.57. The highest BCUT2D eigenvalue weighted by atomic mass is 32.2. The molecule has 1 saturated carbocycles. The summed E-state index contributed by atoms with van der Waals surface area (Å²) in [4.78, 5) is 23.8. The number of nitrogens with zero attached hydrogens (tertiary/aromatic N) is 1. The van der Waals surface area contributed by atoms with Crippen LogP contribution in [-0.4, -0.2) is 57.0 Å². The minimum atomic E-state index is -3.57. The van der Waals surface area contributed by atoms with Gasteiger partial charge in [-0.2, -0.15) is 4.31 Å². The molecule has 0 unspecified atom stereocenters. The lowest BCUT2D eigenvalue weighted by atomic mass is 10.3. The van der Waals surface area contributed by atoms with Gasteiger partial charge in [-0.05, 0) is 44.0 Å². The monoisotopic (exact) mass is 382 g/mol. The molecule has 3 rings (SSSR count). The first-order valence-corrected chi connectivity index (χ1v) is 10.0. The zero-order valence-electron chi connectivity index (χ0n) is 14.5. The maximum atomic E-state index is 12.5. The van der Waals surface area contributed by atoms with Gasteiger partial charge in [0.2, 0.25) is 10.0 Å². The van der Waals surface area contributed by atoms with Gasteiger partial charge in [0.05, 0.1) is 24.0 Å². The molecule has 0 bridgehead atoms. The number of carbonyl (C=O) groups excluding carboxylic acids is 2. The lowest BCUT2D eigenvalue weighted by molar-refractivity contribution is -0.154. The maximum absolute atomic E-state index is 12.5. The second kappa shape index (κ2) is 7.73. The van der Waals surface area contributed by atoms with E-state index in [4.69, 9.17) is 9.47 Å². The van der Waals surface area contributed by atoms with Crippen molar-refractivity contribution in [1.82, 2.24) is 4.31 Å². The fourth-order valence-corrected chi connectivity index (χ4v) is 3.94. The van der Waals surface area contributed by atoms with Crippen molar-refractivity contribution < 1.29 is 27.5 Å². The minimum absolute atomic E-state index is 0.0741. The van der Waals surface area contributed by atoms with Crippen molar-refractivity contribution in [3.05, 3.63) is 24.3 Å². The Morgan fingerprint density at radius 2 is 1.81 bits per heavy atom. The molecule has 9 heteroatoms. The first kappa shape index (κ1) is 18.8. The highest BCUT2D eigenvalue weighted by Crippen LogP contribution is 2.30. The zero-order valence-corrected chi connectivity index (χ0v) is 15.3. The first-order chi connectivity index (χ1) is 12.4. The van der Waals surface area contributed by atoms with Crippen LogP contribution in [0.15, 0.2) is 29.2 Å². The van der Waals surface area contributed by atoms with Gasteiger partial charge < -0.3 is 14.8 Å². The third-order valence-electron chi connectivity index (χ3n) is 4.30. The number of nitrogens with one attached hydrogen (secondary N) is 1. The van der Waals surface area contributed by atoms with Gasteiger partial charge in [0.25, 0.3) is 5.91 Å². The average molecular weight is 382 g/mol. The third-order valence-corrected chi connectivity index (χ3v) is 6.22. The molecule has 8 nitrogen and oxygen atoms in total. The van der Waals surface area contributed by atoms with Crippen molar-refractivity contribution in [3.63, 3.8) is 0 Å². The Morgan fingerprint density at radius 3 is 2.38 bits per heavy atom. The van der Waals surface area contributed by atoms with Crippen molar-refractivity contribution in [2.75, 3.05) is 31.6 Å². The molecule has 1 heterocycles. The highest BCUT2D eigenvalue weighted by molar-refractivity contribution is 7.89. The maximum Gasteiger partial charge on any atom is 0.309 e. The van der Waals surface area contributed by atoms with Gasteiger partial charge in [-0.25, -0.2) is 8.42 Å². The summed E-state index contributed by atoms with van der Waals surface area (Å²) in [6.45, 7) is 2.91. The normalized spacial score (nSPS) is 19.6. The number of esters is 1. The number of hydrogen-bond donors (Lipinski definition) is 1. The molecule has 1 amide bonds. The largest absolute Gasteiger partial charge is 0.452 e. The van der Waals surface area contributed by atoms with Crippen LogP contribution in [0, 0.1) is 5.92 Å².